The fourth-order valence-electron chi connectivity index (χ4n) is 0.751. The molecule has 5 nitrogen and oxygen atoms in total. The molecule has 0 aromatic rings. The zero-order valence-electron chi connectivity index (χ0n) is 8.56. The molecule has 0 rings (SSSR count). The number of hydrogen-bond acceptors (Lipinski definition) is 4. The molecule has 0 saturated heterocycles. The van der Waals surface area contributed by atoms with E-state index in [2.05, 4.69) is 10.6 Å². The highest BCUT2D eigenvalue weighted by atomic mass is 32.2. The van der Waals surface area contributed by atoms with Gasteiger partial charge in [-0.15, -0.1) is 12.3 Å². The molecule has 0 atom stereocenters. The smallest absolute Gasteiger partial charge is 0.212 e. The summed E-state index contributed by atoms with van der Waals surface area (Å²) in [5.74, 6) is 1.61. The third kappa shape index (κ3) is 9.72. The van der Waals surface area contributed by atoms with Crippen molar-refractivity contribution in [3.8, 4) is 12.3 Å². The van der Waals surface area contributed by atoms with Gasteiger partial charge >= 0.3 is 0 Å². The molecular weight excluding hydrogens is 238 g/mol. The van der Waals surface area contributed by atoms with Gasteiger partial charge in [0, 0.05) is 19.2 Å². The van der Waals surface area contributed by atoms with E-state index in [1.807, 2.05) is 0 Å². The van der Waals surface area contributed by atoms with Crippen LogP contribution in [0.25, 0.3) is 0 Å². The van der Waals surface area contributed by atoms with Crippen molar-refractivity contribution in [2.24, 2.45) is 0 Å². The summed E-state index contributed by atoms with van der Waals surface area (Å²) in [6, 6.07) is 0. The minimum Gasteiger partial charge on any atom is -0.229 e. The highest BCUT2D eigenvalue weighted by Gasteiger charge is 2.13. The molecule has 0 amide bonds. The third-order valence-electron chi connectivity index (χ3n) is 1.54. The van der Waals surface area contributed by atoms with Crippen LogP contribution >= 0.6 is 0 Å². The third-order valence-corrected chi connectivity index (χ3v) is 4.13. The van der Waals surface area contributed by atoms with Crippen LogP contribution in [0.3, 0.4) is 0 Å². The Kier molecular flexibility index (Phi) is 5.87. The second-order valence-corrected chi connectivity index (χ2v) is 7.34. The molecule has 0 heterocycles. The normalized spacial score (nSPS) is 12.3. The molecule has 0 aliphatic carbocycles. The Balaban J connectivity index is 3.95. The number of rotatable bonds is 7. The van der Waals surface area contributed by atoms with Gasteiger partial charge in [-0.3, -0.25) is 0 Å². The highest BCUT2D eigenvalue weighted by Crippen LogP contribution is 1.91. The second kappa shape index (κ2) is 6.10. The molecule has 0 aliphatic rings. The number of sulfonamides is 1. The van der Waals surface area contributed by atoms with Crippen molar-refractivity contribution >= 4 is 19.9 Å². The maximum atomic E-state index is 11.2. The van der Waals surface area contributed by atoms with Crippen LogP contribution in [-0.2, 0) is 19.9 Å². The molecule has 0 saturated carbocycles. The first-order chi connectivity index (χ1) is 6.77. The molecule has 0 spiro atoms. The fourth-order valence-corrected chi connectivity index (χ4v) is 3.44. The van der Waals surface area contributed by atoms with Gasteiger partial charge in [0.25, 0.3) is 0 Å². The van der Waals surface area contributed by atoms with E-state index >= 15 is 0 Å². The lowest BCUT2D eigenvalue weighted by molar-refractivity contribution is 0.577. The van der Waals surface area contributed by atoms with Crippen LogP contribution in [0.5, 0.6) is 0 Å². The van der Waals surface area contributed by atoms with Crippen molar-refractivity contribution in [3.05, 3.63) is 0 Å². The van der Waals surface area contributed by atoms with Crippen LogP contribution in [0.15, 0.2) is 0 Å². The summed E-state index contributed by atoms with van der Waals surface area (Å²) in [5.41, 5.74) is 0. The van der Waals surface area contributed by atoms with Crippen LogP contribution < -0.4 is 4.72 Å². The van der Waals surface area contributed by atoms with E-state index in [-0.39, 0.29) is 12.3 Å². The molecule has 0 aromatic carbocycles. The lowest BCUT2D eigenvalue weighted by atomic mass is 10.3. The molecular formula is C8H15NO4S2. The van der Waals surface area contributed by atoms with E-state index < -0.39 is 25.6 Å². The minimum absolute atomic E-state index is 0.246. The Morgan fingerprint density at radius 3 is 2.27 bits per heavy atom. The van der Waals surface area contributed by atoms with Gasteiger partial charge in [-0.1, -0.05) is 0 Å². The summed E-state index contributed by atoms with van der Waals surface area (Å²) < 4.78 is 46.2. The van der Waals surface area contributed by atoms with Crippen molar-refractivity contribution in [1.29, 1.82) is 0 Å². The number of unbranched alkanes of at least 4 members (excludes halogenated alkanes) is 1. The minimum atomic E-state index is -3.49. The van der Waals surface area contributed by atoms with Gasteiger partial charge in [0.1, 0.15) is 9.84 Å². The van der Waals surface area contributed by atoms with Crippen LogP contribution in [-0.4, -0.2) is 41.1 Å². The first-order valence-electron chi connectivity index (χ1n) is 4.35. The number of sulfone groups is 1. The maximum Gasteiger partial charge on any atom is 0.212 e. The van der Waals surface area contributed by atoms with Gasteiger partial charge in [-0.05, 0) is 6.42 Å². The Labute approximate surface area is 91.2 Å². The van der Waals surface area contributed by atoms with Crippen molar-refractivity contribution in [1.82, 2.24) is 4.72 Å². The average molecular weight is 253 g/mol. The molecule has 7 heteroatoms. The summed E-state index contributed by atoms with van der Waals surface area (Å²) >= 11 is 0. The van der Waals surface area contributed by atoms with Gasteiger partial charge in [0.05, 0.1) is 11.5 Å². The Bertz CT molecular complexity index is 416. The molecule has 1 N–H and O–H groups in total. The molecule has 0 radical (unpaired) electrons. The molecule has 0 aromatic heterocycles. The van der Waals surface area contributed by atoms with Crippen LogP contribution in [0.1, 0.15) is 12.8 Å². The van der Waals surface area contributed by atoms with E-state index in [1.54, 1.807) is 0 Å². The van der Waals surface area contributed by atoms with E-state index in [4.69, 9.17) is 6.42 Å². The van der Waals surface area contributed by atoms with Crippen molar-refractivity contribution < 1.29 is 16.8 Å². The molecule has 0 unspecified atom stereocenters. The van der Waals surface area contributed by atoms with E-state index in [9.17, 15) is 16.8 Å². The monoisotopic (exact) mass is 253 g/mol. The summed E-state index contributed by atoms with van der Waals surface area (Å²) in [6.07, 6.45) is 7.03. The lowest BCUT2D eigenvalue weighted by Gasteiger charge is -2.04. The van der Waals surface area contributed by atoms with Gasteiger partial charge in [0.2, 0.25) is 10.0 Å². The van der Waals surface area contributed by atoms with E-state index in [0.717, 1.165) is 6.26 Å². The molecule has 0 aliphatic heterocycles. The number of hydrogen-bond donors (Lipinski definition) is 1. The van der Waals surface area contributed by atoms with Gasteiger partial charge < -0.3 is 0 Å². The lowest BCUT2D eigenvalue weighted by Crippen LogP contribution is -2.30. The molecule has 15 heavy (non-hydrogen) atoms. The summed E-state index contributed by atoms with van der Waals surface area (Å²) in [7, 11) is -6.74. The maximum absolute atomic E-state index is 11.2. The molecule has 0 fully saturated rings. The Morgan fingerprint density at radius 2 is 1.80 bits per heavy atom. The van der Waals surface area contributed by atoms with Crippen LogP contribution in [0, 0.1) is 12.3 Å². The Hall–Kier alpha value is -0.580. The second-order valence-electron chi connectivity index (χ2n) is 3.15. The average Bonchev–Trinajstić information content (AvgIpc) is 2.09. The molecule has 88 valence electrons. The first kappa shape index (κ1) is 14.4. The highest BCUT2D eigenvalue weighted by molar-refractivity contribution is 7.93. The van der Waals surface area contributed by atoms with Gasteiger partial charge in [0.15, 0.2) is 0 Å². The summed E-state index contributed by atoms with van der Waals surface area (Å²) in [5, 5.41) is 0. The Morgan fingerprint density at radius 1 is 1.20 bits per heavy atom. The summed E-state index contributed by atoms with van der Waals surface area (Å²) in [4.78, 5) is 0. The predicted octanol–water partition coefficient (Wildman–Crippen LogP) is -0.636. The first-order valence-corrected chi connectivity index (χ1v) is 8.06. The van der Waals surface area contributed by atoms with Crippen LogP contribution in [0.4, 0.5) is 0 Å². The van der Waals surface area contributed by atoms with Crippen molar-refractivity contribution in [2.45, 2.75) is 12.8 Å². The summed E-state index contributed by atoms with van der Waals surface area (Å²) in [6.45, 7) is 0.246. The van der Waals surface area contributed by atoms with Crippen molar-refractivity contribution in [3.63, 3.8) is 0 Å². The molecule has 0 bridgehead atoms. The topological polar surface area (TPSA) is 80.3 Å². The van der Waals surface area contributed by atoms with Crippen LogP contribution in [0.2, 0.25) is 0 Å². The SMILES string of the molecule is C#CCCCNS(=O)(=O)CCS(C)(=O)=O. The van der Waals surface area contributed by atoms with Crippen molar-refractivity contribution in [2.75, 3.05) is 24.3 Å². The van der Waals surface area contributed by atoms with E-state index in [1.165, 1.54) is 0 Å². The fraction of sp³-hybridized carbons (Fsp3) is 0.750. The standard InChI is InChI=1S/C8H15NO4S2/c1-3-4-5-6-9-15(12,13)8-7-14(2,10)11/h1,9H,4-8H2,2H3. The van der Waals surface area contributed by atoms with Gasteiger partial charge in [-0.2, -0.15) is 0 Å². The number of terminal acetylenes is 1. The number of nitrogens with one attached hydrogen (secondary N) is 1. The predicted molar refractivity (Wildman–Crippen MR) is 59.6 cm³/mol. The van der Waals surface area contributed by atoms with E-state index in [0.29, 0.717) is 12.8 Å². The van der Waals surface area contributed by atoms with Gasteiger partial charge in [-0.25, -0.2) is 21.6 Å². The quantitative estimate of drug-likeness (QED) is 0.483. The largest absolute Gasteiger partial charge is 0.229 e. The zero-order chi connectivity index (χ0) is 11.9. The zero-order valence-corrected chi connectivity index (χ0v) is 10.2.